The number of aromatic nitrogens is 2. The molecule has 26 heavy (non-hydrogen) atoms. The summed E-state index contributed by atoms with van der Waals surface area (Å²) in [5.74, 6) is 0. The van der Waals surface area contributed by atoms with Crippen LogP contribution in [0.2, 0.25) is 0 Å². The van der Waals surface area contributed by atoms with Crippen molar-refractivity contribution in [2.45, 2.75) is 77.7 Å². The fraction of sp³-hybridized carbons (Fsp3) is 0.545. The molecule has 0 aliphatic carbocycles. The Morgan fingerprint density at radius 2 is 1.77 bits per heavy atom. The van der Waals surface area contributed by atoms with Crippen LogP contribution in [0, 0.1) is 6.92 Å². The number of hydrogen-bond donors (Lipinski definition) is 1. The van der Waals surface area contributed by atoms with Crippen molar-refractivity contribution in [1.29, 1.82) is 0 Å². The molecule has 140 valence electrons. The minimum atomic E-state index is 0.125. The van der Waals surface area contributed by atoms with Gasteiger partial charge >= 0.3 is 0 Å². The van der Waals surface area contributed by atoms with Crippen molar-refractivity contribution in [3.63, 3.8) is 0 Å². The van der Waals surface area contributed by atoms with E-state index in [0.717, 1.165) is 37.3 Å². The molecule has 1 saturated heterocycles. The summed E-state index contributed by atoms with van der Waals surface area (Å²) in [6, 6.07) is 11.0. The third-order valence-corrected chi connectivity index (χ3v) is 5.10. The zero-order chi connectivity index (χ0) is 18.8. The molecule has 0 aromatic carbocycles. The predicted molar refractivity (Wildman–Crippen MR) is 107 cm³/mol. The van der Waals surface area contributed by atoms with E-state index in [1.54, 1.807) is 0 Å². The molecular formula is C22H32N4. The summed E-state index contributed by atoms with van der Waals surface area (Å²) in [6.07, 6.45) is 6.08. The second kappa shape index (κ2) is 7.45. The molecule has 0 amide bonds. The van der Waals surface area contributed by atoms with Gasteiger partial charge in [-0.15, -0.1) is 0 Å². The minimum Gasteiger partial charge on any atom is -0.307 e. The molecule has 4 nitrogen and oxygen atoms in total. The fourth-order valence-corrected chi connectivity index (χ4v) is 4.46. The molecule has 0 spiro atoms. The molecule has 1 N–H and O–H groups in total. The fourth-order valence-electron chi connectivity index (χ4n) is 4.46. The zero-order valence-electron chi connectivity index (χ0n) is 16.8. The third kappa shape index (κ3) is 5.12. The van der Waals surface area contributed by atoms with Gasteiger partial charge in [-0.05, 0) is 71.2 Å². The Morgan fingerprint density at radius 1 is 1.04 bits per heavy atom. The summed E-state index contributed by atoms with van der Waals surface area (Å²) < 4.78 is 0. The molecule has 2 aromatic heterocycles. The lowest BCUT2D eigenvalue weighted by atomic mass is 9.79. The first kappa shape index (κ1) is 19.0. The minimum absolute atomic E-state index is 0.125. The van der Waals surface area contributed by atoms with Crippen molar-refractivity contribution >= 4 is 0 Å². The first-order valence-corrected chi connectivity index (χ1v) is 9.57. The summed E-state index contributed by atoms with van der Waals surface area (Å²) in [7, 11) is 0. The van der Waals surface area contributed by atoms with Gasteiger partial charge in [0.25, 0.3) is 0 Å². The predicted octanol–water partition coefficient (Wildman–Crippen LogP) is 4.10. The van der Waals surface area contributed by atoms with Crippen LogP contribution >= 0.6 is 0 Å². The largest absolute Gasteiger partial charge is 0.307 e. The van der Waals surface area contributed by atoms with Crippen LogP contribution in [0.25, 0.3) is 0 Å². The van der Waals surface area contributed by atoms with Gasteiger partial charge in [0.05, 0.1) is 5.69 Å². The Kier molecular flexibility index (Phi) is 5.44. The summed E-state index contributed by atoms with van der Waals surface area (Å²) >= 11 is 0. The molecule has 1 fully saturated rings. The molecule has 0 radical (unpaired) electrons. The lowest BCUT2D eigenvalue weighted by Crippen LogP contribution is -2.62. The Morgan fingerprint density at radius 3 is 2.38 bits per heavy atom. The first-order valence-electron chi connectivity index (χ1n) is 9.57. The molecule has 2 aromatic rings. The Bertz CT molecular complexity index is 708. The normalized spacial score (nSPS) is 19.6. The number of pyridine rings is 2. The number of aryl methyl sites for hydroxylation is 1. The van der Waals surface area contributed by atoms with Crippen molar-refractivity contribution in [2.24, 2.45) is 0 Å². The zero-order valence-corrected chi connectivity index (χ0v) is 16.8. The lowest BCUT2D eigenvalue weighted by molar-refractivity contribution is 0.0555. The molecule has 0 saturated carbocycles. The third-order valence-electron chi connectivity index (χ3n) is 5.10. The highest BCUT2D eigenvalue weighted by Crippen LogP contribution is 2.33. The van der Waals surface area contributed by atoms with Crippen molar-refractivity contribution in [1.82, 2.24) is 20.2 Å². The smallest absolute Gasteiger partial charge is 0.0547 e. The number of hydrogen-bond acceptors (Lipinski definition) is 4. The molecule has 0 bridgehead atoms. The van der Waals surface area contributed by atoms with E-state index in [1.165, 1.54) is 5.56 Å². The van der Waals surface area contributed by atoms with Crippen molar-refractivity contribution < 1.29 is 0 Å². The van der Waals surface area contributed by atoms with E-state index in [4.69, 9.17) is 4.98 Å². The van der Waals surface area contributed by atoms with Crippen LogP contribution < -0.4 is 5.32 Å². The standard InChI is InChI=1S/C22H32N4/c1-17-8-6-10-19(24-17)16-26(15-18-9-7-11-23-14-18)20-12-21(2,3)25-22(4,5)13-20/h6-11,14,20,25H,12-13,15-16H2,1-5H3. The summed E-state index contributed by atoms with van der Waals surface area (Å²) in [6.45, 7) is 13.1. The van der Waals surface area contributed by atoms with Crippen LogP contribution in [0.3, 0.4) is 0 Å². The highest BCUT2D eigenvalue weighted by Gasteiger charge is 2.39. The topological polar surface area (TPSA) is 41.1 Å². The molecule has 3 heterocycles. The van der Waals surface area contributed by atoms with Crippen molar-refractivity contribution in [3.8, 4) is 0 Å². The molecule has 1 aliphatic rings. The van der Waals surface area contributed by atoms with E-state index in [9.17, 15) is 0 Å². The number of nitrogens with zero attached hydrogens (tertiary/aromatic N) is 3. The molecule has 0 unspecified atom stereocenters. The number of nitrogens with one attached hydrogen (secondary N) is 1. The highest BCUT2D eigenvalue weighted by molar-refractivity contribution is 5.13. The van der Waals surface area contributed by atoms with Gasteiger partial charge < -0.3 is 5.32 Å². The average molecular weight is 353 g/mol. The number of rotatable bonds is 5. The van der Waals surface area contributed by atoms with Gasteiger partial charge in [0.1, 0.15) is 0 Å². The van der Waals surface area contributed by atoms with Gasteiger partial charge in [-0.1, -0.05) is 12.1 Å². The van der Waals surface area contributed by atoms with Gasteiger partial charge in [-0.2, -0.15) is 0 Å². The first-order chi connectivity index (χ1) is 12.2. The van der Waals surface area contributed by atoms with E-state index >= 15 is 0 Å². The number of piperidine rings is 1. The Labute approximate surface area is 158 Å². The van der Waals surface area contributed by atoms with Crippen molar-refractivity contribution in [3.05, 3.63) is 59.7 Å². The quantitative estimate of drug-likeness (QED) is 0.880. The van der Waals surface area contributed by atoms with Crippen LogP contribution in [-0.4, -0.2) is 32.0 Å². The average Bonchev–Trinajstić information content (AvgIpc) is 2.52. The SMILES string of the molecule is Cc1cccc(CN(Cc2cccnc2)C2CC(C)(C)NC(C)(C)C2)n1. The van der Waals surface area contributed by atoms with Gasteiger partial charge in [-0.25, -0.2) is 0 Å². The monoisotopic (exact) mass is 352 g/mol. The maximum Gasteiger partial charge on any atom is 0.0547 e. The second-order valence-electron chi connectivity index (χ2n) is 8.99. The van der Waals surface area contributed by atoms with E-state index in [0.29, 0.717) is 6.04 Å². The molecule has 1 aliphatic heterocycles. The second-order valence-corrected chi connectivity index (χ2v) is 8.99. The Hall–Kier alpha value is -1.78. The van der Waals surface area contributed by atoms with E-state index in [2.05, 4.69) is 74.1 Å². The summed E-state index contributed by atoms with van der Waals surface area (Å²) in [5, 5.41) is 3.80. The molecule has 4 heteroatoms. The van der Waals surface area contributed by atoms with Gasteiger partial charge in [0, 0.05) is 48.3 Å². The van der Waals surface area contributed by atoms with Crippen LogP contribution in [0.4, 0.5) is 0 Å². The molecule has 3 rings (SSSR count). The van der Waals surface area contributed by atoms with Crippen molar-refractivity contribution in [2.75, 3.05) is 0 Å². The molecular weight excluding hydrogens is 320 g/mol. The van der Waals surface area contributed by atoms with Crippen LogP contribution in [0.1, 0.15) is 57.5 Å². The van der Waals surface area contributed by atoms with E-state index in [1.807, 2.05) is 18.5 Å². The molecule has 0 atom stereocenters. The van der Waals surface area contributed by atoms with Crippen LogP contribution in [-0.2, 0) is 13.1 Å². The Balaban J connectivity index is 1.86. The summed E-state index contributed by atoms with van der Waals surface area (Å²) in [4.78, 5) is 11.6. The van der Waals surface area contributed by atoms with E-state index in [-0.39, 0.29) is 11.1 Å². The van der Waals surface area contributed by atoms with E-state index < -0.39 is 0 Å². The van der Waals surface area contributed by atoms with Gasteiger partial charge in [-0.3, -0.25) is 14.9 Å². The lowest BCUT2D eigenvalue weighted by Gasteiger charge is -2.49. The maximum atomic E-state index is 4.75. The van der Waals surface area contributed by atoms with Gasteiger partial charge in [0.15, 0.2) is 0 Å². The maximum absolute atomic E-state index is 4.75. The summed E-state index contributed by atoms with van der Waals surface area (Å²) in [5.41, 5.74) is 3.73. The van der Waals surface area contributed by atoms with Crippen LogP contribution in [0.15, 0.2) is 42.7 Å². The van der Waals surface area contributed by atoms with Gasteiger partial charge in [0.2, 0.25) is 0 Å². The highest BCUT2D eigenvalue weighted by atomic mass is 15.2. The van der Waals surface area contributed by atoms with Crippen LogP contribution in [0.5, 0.6) is 0 Å².